The van der Waals surface area contributed by atoms with Gasteiger partial charge in [-0.2, -0.15) is 5.10 Å². The largest absolute Gasteiger partial charge is 0.382 e. The van der Waals surface area contributed by atoms with Gasteiger partial charge in [0.1, 0.15) is 5.82 Å². The Morgan fingerprint density at radius 1 is 1.47 bits per heavy atom. The number of nitrogen functional groups attached to an aromatic ring is 1. The molecule has 2 rings (SSSR count). The van der Waals surface area contributed by atoms with Crippen molar-refractivity contribution < 1.29 is 4.39 Å². The molecule has 0 unspecified atom stereocenters. The third-order valence-electron chi connectivity index (χ3n) is 2.34. The lowest BCUT2D eigenvalue weighted by Gasteiger charge is -2.02. The Hall–Kier alpha value is -1.84. The van der Waals surface area contributed by atoms with Crippen molar-refractivity contribution in [2.75, 3.05) is 5.73 Å². The van der Waals surface area contributed by atoms with Gasteiger partial charge in [0.25, 0.3) is 0 Å². The molecule has 0 radical (unpaired) electrons. The number of aromatic amines is 1. The van der Waals surface area contributed by atoms with Crippen LogP contribution in [0.3, 0.4) is 0 Å². The van der Waals surface area contributed by atoms with Crippen LogP contribution in [0.25, 0.3) is 11.1 Å². The highest BCUT2D eigenvalue weighted by atomic mass is 19.1. The molecule has 0 fully saturated rings. The van der Waals surface area contributed by atoms with E-state index in [-0.39, 0.29) is 5.82 Å². The van der Waals surface area contributed by atoms with Gasteiger partial charge in [-0.15, -0.1) is 0 Å². The quantitative estimate of drug-likeness (QED) is 0.790. The molecule has 2 aromatic rings. The molecule has 0 saturated carbocycles. The SMILES string of the molecule is CCc1[nH]nc(N)c1-c1cccc(F)c1. The molecule has 0 saturated heterocycles. The lowest BCUT2D eigenvalue weighted by atomic mass is 10.0. The zero-order valence-electron chi connectivity index (χ0n) is 8.42. The number of aryl methyl sites for hydroxylation is 1. The van der Waals surface area contributed by atoms with E-state index in [0.717, 1.165) is 23.2 Å². The van der Waals surface area contributed by atoms with Crippen molar-refractivity contribution in [2.45, 2.75) is 13.3 Å². The van der Waals surface area contributed by atoms with Crippen molar-refractivity contribution in [1.82, 2.24) is 10.2 Å². The van der Waals surface area contributed by atoms with E-state index in [1.165, 1.54) is 12.1 Å². The first-order chi connectivity index (χ1) is 7.22. The van der Waals surface area contributed by atoms with E-state index in [1.807, 2.05) is 13.0 Å². The van der Waals surface area contributed by atoms with Gasteiger partial charge < -0.3 is 5.73 Å². The average Bonchev–Trinajstić information content (AvgIpc) is 2.59. The molecule has 1 aromatic carbocycles. The molecule has 0 aliphatic rings. The van der Waals surface area contributed by atoms with Crippen LogP contribution in [-0.4, -0.2) is 10.2 Å². The molecular weight excluding hydrogens is 193 g/mol. The highest BCUT2D eigenvalue weighted by molar-refractivity contribution is 5.76. The Morgan fingerprint density at radius 2 is 2.27 bits per heavy atom. The number of aromatic nitrogens is 2. The van der Waals surface area contributed by atoms with E-state index in [9.17, 15) is 4.39 Å². The molecule has 3 N–H and O–H groups in total. The zero-order valence-corrected chi connectivity index (χ0v) is 8.42. The summed E-state index contributed by atoms with van der Waals surface area (Å²) >= 11 is 0. The molecule has 0 aliphatic heterocycles. The second kappa shape index (κ2) is 3.73. The zero-order chi connectivity index (χ0) is 10.8. The van der Waals surface area contributed by atoms with Gasteiger partial charge in [-0.3, -0.25) is 5.10 Å². The monoisotopic (exact) mass is 205 g/mol. The van der Waals surface area contributed by atoms with Crippen LogP contribution in [0.15, 0.2) is 24.3 Å². The van der Waals surface area contributed by atoms with Gasteiger partial charge >= 0.3 is 0 Å². The summed E-state index contributed by atoms with van der Waals surface area (Å²) in [6.45, 7) is 2.00. The Kier molecular flexibility index (Phi) is 2.41. The number of anilines is 1. The first kappa shape index (κ1) is 9.71. The average molecular weight is 205 g/mol. The maximum atomic E-state index is 13.1. The lowest BCUT2D eigenvalue weighted by molar-refractivity contribution is 0.628. The van der Waals surface area contributed by atoms with Crippen LogP contribution in [-0.2, 0) is 6.42 Å². The molecule has 15 heavy (non-hydrogen) atoms. The van der Waals surface area contributed by atoms with Gasteiger partial charge in [0.05, 0.1) is 0 Å². The van der Waals surface area contributed by atoms with Crippen molar-refractivity contribution in [3.63, 3.8) is 0 Å². The van der Waals surface area contributed by atoms with E-state index in [4.69, 9.17) is 5.73 Å². The second-order valence-electron chi connectivity index (χ2n) is 3.33. The van der Waals surface area contributed by atoms with Crippen LogP contribution in [0.5, 0.6) is 0 Å². The van der Waals surface area contributed by atoms with Crippen LogP contribution >= 0.6 is 0 Å². The normalized spacial score (nSPS) is 10.5. The Balaban J connectivity index is 2.57. The molecule has 4 heteroatoms. The minimum absolute atomic E-state index is 0.268. The third kappa shape index (κ3) is 1.70. The summed E-state index contributed by atoms with van der Waals surface area (Å²) in [6.07, 6.45) is 0.788. The molecule has 1 aromatic heterocycles. The summed E-state index contributed by atoms with van der Waals surface area (Å²) in [4.78, 5) is 0. The molecule has 3 nitrogen and oxygen atoms in total. The second-order valence-corrected chi connectivity index (χ2v) is 3.33. The van der Waals surface area contributed by atoms with Gasteiger partial charge in [-0.25, -0.2) is 4.39 Å². The summed E-state index contributed by atoms with van der Waals surface area (Å²) in [5.74, 6) is 0.146. The van der Waals surface area contributed by atoms with Gasteiger partial charge in [0.2, 0.25) is 0 Å². The molecular formula is C11H12FN3. The number of hydrogen-bond acceptors (Lipinski definition) is 2. The Morgan fingerprint density at radius 3 is 2.93 bits per heavy atom. The number of H-pyrrole nitrogens is 1. The highest BCUT2D eigenvalue weighted by Crippen LogP contribution is 2.28. The van der Waals surface area contributed by atoms with Crippen LogP contribution in [0.1, 0.15) is 12.6 Å². The van der Waals surface area contributed by atoms with Gasteiger partial charge in [0, 0.05) is 11.3 Å². The number of nitrogens with two attached hydrogens (primary N) is 1. The fourth-order valence-electron chi connectivity index (χ4n) is 1.62. The Bertz CT molecular complexity index is 476. The third-order valence-corrected chi connectivity index (χ3v) is 2.34. The minimum atomic E-state index is -0.268. The maximum Gasteiger partial charge on any atom is 0.153 e. The van der Waals surface area contributed by atoms with Gasteiger partial charge in [-0.05, 0) is 24.1 Å². The fourth-order valence-corrected chi connectivity index (χ4v) is 1.62. The molecule has 0 spiro atoms. The Labute approximate surface area is 87.1 Å². The van der Waals surface area contributed by atoms with Crippen molar-refractivity contribution in [2.24, 2.45) is 0 Å². The van der Waals surface area contributed by atoms with E-state index in [1.54, 1.807) is 6.07 Å². The molecule has 78 valence electrons. The fraction of sp³-hybridized carbons (Fsp3) is 0.182. The number of hydrogen-bond donors (Lipinski definition) is 2. The highest BCUT2D eigenvalue weighted by Gasteiger charge is 2.11. The molecule has 0 aliphatic carbocycles. The summed E-state index contributed by atoms with van der Waals surface area (Å²) in [6, 6.07) is 6.35. The predicted molar refractivity (Wildman–Crippen MR) is 57.8 cm³/mol. The predicted octanol–water partition coefficient (Wildman–Crippen LogP) is 2.36. The number of benzene rings is 1. The lowest BCUT2D eigenvalue weighted by Crippen LogP contribution is -1.90. The van der Waals surface area contributed by atoms with Gasteiger partial charge in [0.15, 0.2) is 5.82 Å². The van der Waals surface area contributed by atoms with Gasteiger partial charge in [-0.1, -0.05) is 19.1 Å². The van der Waals surface area contributed by atoms with Crippen molar-refractivity contribution in [3.05, 3.63) is 35.8 Å². The number of nitrogens with one attached hydrogen (secondary N) is 1. The standard InChI is InChI=1S/C11H12FN3/c1-2-9-10(11(13)15-14-9)7-4-3-5-8(12)6-7/h3-6H,2H2,1H3,(H3,13,14,15). The number of rotatable bonds is 2. The van der Waals surface area contributed by atoms with E-state index in [0.29, 0.717) is 5.82 Å². The van der Waals surface area contributed by atoms with E-state index < -0.39 is 0 Å². The molecule has 0 bridgehead atoms. The summed E-state index contributed by atoms with van der Waals surface area (Å²) < 4.78 is 13.1. The van der Waals surface area contributed by atoms with Crippen molar-refractivity contribution in [1.29, 1.82) is 0 Å². The van der Waals surface area contributed by atoms with Crippen LogP contribution in [0, 0.1) is 5.82 Å². The van der Waals surface area contributed by atoms with E-state index >= 15 is 0 Å². The number of nitrogens with zero attached hydrogens (tertiary/aromatic N) is 1. The molecule has 0 amide bonds. The molecule has 0 atom stereocenters. The van der Waals surface area contributed by atoms with Crippen molar-refractivity contribution >= 4 is 5.82 Å². The van der Waals surface area contributed by atoms with Crippen molar-refractivity contribution in [3.8, 4) is 11.1 Å². The first-order valence-electron chi connectivity index (χ1n) is 4.81. The topological polar surface area (TPSA) is 54.7 Å². The first-order valence-corrected chi connectivity index (χ1v) is 4.81. The van der Waals surface area contributed by atoms with Crippen LogP contribution < -0.4 is 5.73 Å². The van der Waals surface area contributed by atoms with Crippen LogP contribution in [0.2, 0.25) is 0 Å². The van der Waals surface area contributed by atoms with Crippen LogP contribution in [0.4, 0.5) is 10.2 Å². The van der Waals surface area contributed by atoms with E-state index in [2.05, 4.69) is 10.2 Å². The molecule has 1 heterocycles. The maximum absolute atomic E-state index is 13.1. The summed E-state index contributed by atoms with van der Waals surface area (Å²) in [7, 11) is 0. The minimum Gasteiger partial charge on any atom is -0.382 e. The smallest absolute Gasteiger partial charge is 0.153 e. The summed E-state index contributed by atoms with van der Waals surface area (Å²) in [5, 5.41) is 6.77. The number of halogens is 1. The summed E-state index contributed by atoms with van der Waals surface area (Å²) in [5.41, 5.74) is 8.23.